The van der Waals surface area contributed by atoms with Crippen molar-refractivity contribution in [1.29, 1.82) is 0 Å². The van der Waals surface area contributed by atoms with E-state index in [-0.39, 0.29) is 0 Å². The van der Waals surface area contributed by atoms with Crippen LogP contribution < -0.4 is 5.73 Å². The molecule has 0 aromatic carbocycles. The summed E-state index contributed by atoms with van der Waals surface area (Å²) in [6.45, 7) is 0.600. The molecule has 2 N–H and O–H groups in total. The first kappa shape index (κ1) is 9.96. The van der Waals surface area contributed by atoms with Gasteiger partial charge in [0.2, 0.25) is 0 Å². The van der Waals surface area contributed by atoms with Gasteiger partial charge >= 0.3 is 0 Å². The van der Waals surface area contributed by atoms with E-state index < -0.39 is 0 Å². The fourth-order valence-electron chi connectivity index (χ4n) is 1.34. The summed E-state index contributed by atoms with van der Waals surface area (Å²) < 4.78 is 2.84. The molecule has 0 fully saturated rings. The van der Waals surface area contributed by atoms with Gasteiger partial charge in [-0.15, -0.1) is 0 Å². The van der Waals surface area contributed by atoms with Gasteiger partial charge in [0.15, 0.2) is 5.65 Å². The molecular formula is C9H9BrClN3. The average Bonchev–Trinajstić information content (AvgIpc) is 2.48. The SMILES string of the molecule is NCCc1cn2cc(Br)cc(Cl)c2n1. The average molecular weight is 275 g/mol. The summed E-state index contributed by atoms with van der Waals surface area (Å²) >= 11 is 9.40. The van der Waals surface area contributed by atoms with Gasteiger partial charge in [-0.1, -0.05) is 11.6 Å². The lowest BCUT2D eigenvalue weighted by Gasteiger charge is -1.96. The highest BCUT2D eigenvalue weighted by Crippen LogP contribution is 2.22. The van der Waals surface area contributed by atoms with Crippen molar-refractivity contribution in [2.24, 2.45) is 5.73 Å². The first-order valence-corrected chi connectivity index (χ1v) is 5.40. The zero-order chi connectivity index (χ0) is 10.1. The maximum atomic E-state index is 6.03. The number of imidazole rings is 1. The fourth-order valence-corrected chi connectivity index (χ4v) is 2.18. The van der Waals surface area contributed by atoms with E-state index in [0.29, 0.717) is 11.6 Å². The highest BCUT2D eigenvalue weighted by Gasteiger charge is 2.05. The molecule has 14 heavy (non-hydrogen) atoms. The normalized spacial score (nSPS) is 11.1. The molecule has 0 saturated carbocycles. The summed E-state index contributed by atoms with van der Waals surface area (Å²) in [5, 5.41) is 0.641. The molecule has 0 aliphatic heterocycles. The lowest BCUT2D eigenvalue weighted by molar-refractivity contribution is 0.937. The van der Waals surface area contributed by atoms with Crippen LogP contribution in [0.2, 0.25) is 5.02 Å². The zero-order valence-corrected chi connectivity index (χ0v) is 9.72. The van der Waals surface area contributed by atoms with Gasteiger partial charge in [0.25, 0.3) is 0 Å². The molecule has 0 spiro atoms. The van der Waals surface area contributed by atoms with Crippen LogP contribution in [0, 0.1) is 0 Å². The third-order valence-electron chi connectivity index (χ3n) is 1.92. The van der Waals surface area contributed by atoms with E-state index in [9.17, 15) is 0 Å². The van der Waals surface area contributed by atoms with Gasteiger partial charge in [0.1, 0.15) is 0 Å². The monoisotopic (exact) mass is 273 g/mol. The summed E-state index contributed by atoms with van der Waals surface area (Å²) in [5.41, 5.74) is 7.20. The number of rotatable bonds is 2. The lowest BCUT2D eigenvalue weighted by Crippen LogP contribution is -2.02. The van der Waals surface area contributed by atoms with Gasteiger partial charge in [-0.2, -0.15) is 0 Å². The first-order valence-electron chi connectivity index (χ1n) is 4.23. The molecule has 2 rings (SSSR count). The minimum Gasteiger partial charge on any atom is -0.330 e. The van der Waals surface area contributed by atoms with Crippen LogP contribution in [0.25, 0.3) is 5.65 Å². The molecule has 3 nitrogen and oxygen atoms in total. The molecular weight excluding hydrogens is 265 g/mol. The number of fused-ring (bicyclic) bond motifs is 1. The number of hydrogen-bond donors (Lipinski definition) is 1. The van der Waals surface area contributed by atoms with Crippen molar-refractivity contribution in [3.63, 3.8) is 0 Å². The molecule has 0 bridgehead atoms. The Morgan fingerprint density at radius 2 is 2.29 bits per heavy atom. The predicted molar refractivity (Wildman–Crippen MR) is 60.7 cm³/mol. The molecule has 2 heterocycles. The highest BCUT2D eigenvalue weighted by atomic mass is 79.9. The molecule has 2 aromatic heterocycles. The quantitative estimate of drug-likeness (QED) is 0.913. The van der Waals surface area contributed by atoms with Crippen LogP contribution in [0.1, 0.15) is 5.69 Å². The van der Waals surface area contributed by atoms with Crippen LogP contribution in [-0.4, -0.2) is 15.9 Å². The van der Waals surface area contributed by atoms with Crippen molar-refractivity contribution in [2.75, 3.05) is 6.54 Å². The smallest absolute Gasteiger partial charge is 0.155 e. The minimum atomic E-state index is 0.600. The molecule has 0 saturated heterocycles. The Hall–Kier alpha value is -0.580. The molecule has 74 valence electrons. The Morgan fingerprint density at radius 1 is 1.50 bits per heavy atom. The number of nitrogens with zero attached hydrogens (tertiary/aromatic N) is 2. The molecule has 0 atom stereocenters. The third kappa shape index (κ3) is 1.78. The van der Waals surface area contributed by atoms with Crippen molar-refractivity contribution in [2.45, 2.75) is 6.42 Å². The summed E-state index contributed by atoms with van der Waals surface area (Å²) in [7, 11) is 0. The van der Waals surface area contributed by atoms with E-state index in [1.807, 2.05) is 22.9 Å². The van der Waals surface area contributed by atoms with E-state index in [1.54, 1.807) is 0 Å². The van der Waals surface area contributed by atoms with Gasteiger partial charge in [-0.25, -0.2) is 4.98 Å². The second-order valence-corrected chi connectivity index (χ2v) is 4.33. The van der Waals surface area contributed by atoms with Crippen molar-refractivity contribution >= 4 is 33.2 Å². The molecule has 0 aliphatic carbocycles. The molecule has 0 radical (unpaired) electrons. The Balaban J connectivity index is 2.58. The van der Waals surface area contributed by atoms with Crippen molar-refractivity contribution in [3.05, 3.63) is 33.6 Å². The standard InChI is InChI=1S/C9H9BrClN3/c10-6-3-8(11)9-13-7(1-2-12)5-14(9)4-6/h3-5H,1-2,12H2. The Morgan fingerprint density at radius 3 is 3.00 bits per heavy atom. The Kier molecular flexibility index (Phi) is 2.76. The van der Waals surface area contributed by atoms with Crippen LogP contribution in [-0.2, 0) is 6.42 Å². The molecule has 5 heteroatoms. The lowest BCUT2D eigenvalue weighted by atomic mass is 10.3. The second kappa shape index (κ2) is 3.88. The van der Waals surface area contributed by atoms with Crippen LogP contribution in [0.3, 0.4) is 0 Å². The van der Waals surface area contributed by atoms with Crippen LogP contribution in [0.15, 0.2) is 22.9 Å². The van der Waals surface area contributed by atoms with E-state index in [2.05, 4.69) is 20.9 Å². The molecule has 0 amide bonds. The van der Waals surface area contributed by atoms with Gasteiger partial charge in [0.05, 0.1) is 10.7 Å². The number of pyridine rings is 1. The van der Waals surface area contributed by atoms with Gasteiger partial charge in [0, 0.05) is 23.3 Å². The van der Waals surface area contributed by atoms with Crippen LogP contribution >= 0.6 is 27.5 Å². The molecule has 2 aromatic rings. The summed E-state index contributed by atoms with van der Waals surface area (Å²) in [6.07, 6.45) is 4.64. The first-order chi connectivity index (χ1) is 6.70. The van der Waals surface area contributed by atoms with Crippen LogP contribution in [0.4, 0.5) is 0 Å². The largest absolute Gasteiger partial charge is 0.330 e. The van der Waals surface area contributed by atoms with Crippen molar-refractivity contribution in [1.82, 2.24) is 9.38 Å². The van der Waals surface area contributed by atoms with Crippen molar-refractivity contribution < 1.29 is 0 Å². The summed E-state index contributed by atoms with van der Waals surface area (Å²) in [6, 6.07) is 1.83. The van der Waals surface area contributed by atoms with E-state index >= 15 is 0 Å². The van der Waals surface area contributed by atoms with Gasteiger partial charge < -0.3 is 10.1 Å². The van der Waals surface area contributed by atoms with Gasteiger partial charge in [-0.05, 0) is 28.5 Å². The van der Waals surface area contributed by atoms with Gasteiger partial charge in [-0.3, -0.25) is 0 Å². The van der Waals surface area contributed by atoms with Crippen LogP contribution in [0.5, 0.6) is 0 Å². The number of nitrogens with two attached hydrogens (primary N) is 1. The third-order valence-corrected chi connectivity index (χ3v) is 2.64. The predicted octanol–water partition coefficient (Wildman–Crippen LogP) is 2.25. The van der Waals surface area contributed by atoms with E-state index in [4.69, 9.17) is 17.3 Å². The number of halogens is 2. The van der Waals surface area contributed by atoms with E-state index in [1.165, 1.54) is 0 Å². The Labute approximate surface area is 95.0 Å². The summed E-state index contributed by atoms with van der Waals surface area (Å²) in [5.74, 6) is 0. The topological polar surface area (TPSA) is 43.3 Å². The fraction of sp³-hybridized carbons (Fsp3) is 0.222. The number of hydrogen-bond acceptors (Lipinski definition) is 2. The molecule has 0 unspecified atom stereocenters. The summed E-state index contributed by atoms with van der Waals surface area (Å²) in [4.78, 5) is 4.37. The van der Waals surface area contributed by atoms with E-state index in [0.717, 1.165) is 22.2 Å². The minimum absolute atomic E-state index is 0.600. The maximum Gasteiger partial charge on any atom is 0.155 e. The maximum absolute atomic E-state index is 6.03. The van der Waals surface area contributed by atoms with Crippen molar-refractivity contribution in [3.8, 4) is 0 Å². The Bertz CT molecular complexity index is 466. The molecule has 0 aliphatic rings. The highest BCUT2D eigenvalue weighted by molar-refractivity contribution is 9.10. The number of aromatic nitrogens is 2. The zero-order valence-electron chi connectivity index (χ0n) is 7.37. The second-order valence-electron chi connectivity index (χ2n) is 3.01.